The van der Waals surface area contributed by atoms with Crippen molar-refractivity contribution >= 4 is 29.3 Å². The number of aryl methyl sites for hydroxylation is 1. The summed E-state index contributed by atoms with van der Waals surface area (Å²) in [5.41, 5.74) is 2.78. The largest absolute Gasteiger partial charge is 0.352 e. The molecule has 1 amide bonds. The molecule has 0 saturated carbocycles. The highest BCUT2D eigenvalue weighted by Crippen LogP contribution is 2.26. The minimum absolute atomic E-state index is 0.106. The van der Waals surface area contributed by atoms with Crippen molar-refractivity contribution in [1.29, 1.82) is 0 Å². The molecule has 1 N–H and O–H groups in total. The molecule has 0 bridgehead atoms. The number of halogens is 1. The van der Waals surface area contributed by atoms with Gasteiger partial charge in [-0.05, 0) is 61.6 Å². The van der Waals surface area contributed by atoms with Gasteiger partial charge in [-0.25, -0.2) is 0 Å². The second-order valence-corrected chi connectivity index (χ2v) is 7.78. The zero-order chi connectivity index (χ0) is 16.2. The van der Waals surface area contributed by atoms with Crippen LogP contribution in [-0.2, 0) is 17.6 Å². The van der Waals surface area contributed by atoms with Gasteiger partial charge in [-0.15, -0.1) is 11.8 Å². The molecule has 2 atom stereocenters. The number of rotatable bonds is 4. The Kier molecular flexibility index (Phi) is 5.29. The van der Waals surface area contributed by atoms with Crippen LogP contribution in [0.25, 0.3) is 0 Å². The maximum Gasteiger partial charge on any atom is 0.233 e. The smallest absolute Gasteiger partial charge is 0.233 e. The molecule has 2 aromatic carbocycles. The Hall–Kier alpha value is -1.45. The molecule has 3 rings (SSSR count). The quantitative estimate of drug-likeness (QED) is 0.827. The molecular weight excluding hydrogens is 326 g/mol. The number of benzene rings is 2. The van der Waals surface area contributed by atoms with Crippen LogP contribution in [0.4, 0.5) is 0 Å². The van der Waals surface area contributed by atoms with Gasteiger partial charge in [-0.3, -0.25) is 4.79 Å². The van der Waals surface area contributed by atoms with E-state index in [-0.39, 0.29) is 17.2 Å². The second-order valence-electron chi connectivity index (χ2n) is 5.93. The maximum absolute atomic E-state index is 12.4. The third kappa shape index (κ3) is 4.30. The second kappa shape index (κ2) is 7.41. The van der Waals surface area contributed by atoms with Gasteiger partial charge in [0.2, 0.25) is 5.91 Å². The number of amides is 1. The van der Waals surface area contributed by atoms with Crippen LogP contribution >= 0.6 is 23.4 Å². The molecule has 2 aromatic rings. The number of carbonyl (C=O) groups is 1. The Bertz CT molecular complexity index is 686. The SMILES string of the molecule is CC(Sc1ccc(Cl)cc1)C(=O)NC1CCc2ccccc2C1. The van der Waals surface area contributed by atoms with Gasteiger partial charge in [0.1, 0.15) is 0 Å². The van der Waals surface area contributed by atoms with Gasteiger partial charge in [0.05, 0.1) is 5.25 Å². The average Bonchev–Trinajstić information content (AvgIpc) is 2.56. The molecule has 2 nitrogen and oxygen atoms in total. The predicted molar refractivity (Wildman–Crippen MR) is 97.2 cm³/mol. The summed E-state index contributed by atoms with van der Waals surface area (Å²) >= 11 is 7.46. The first kappa shape index (κ1) is 16.4. The van der Waals surface area contributed by atoms with E-state index in [1.807, 2.05) is 31.2 Å². The first-order chi connectivity index (χ1) is 11.1. The van der Waals surface area contributed by atoms with Gasteiger partial charge in [0.25, 0.3) is 0 Å². The molecule has 0 aliphatic heterocycles. The van der Waals surface area contributed by atoms with E-state index in [2.05, 4.69) is 29.6 Å². The summed E-state index contributed by atoms with van der Waals surface area (Å²) in [6, 6.07) is 16.4. The molecule has 23 heavy (non-hydrogen) atoms. The van der Waals surface area contributed by atoms with Gasteiger partial charge >= 0.3 is 0 Å². The van der Waals surface area contributed by atoms with Crippen LogP contribution < -0.4 is 5.32 Å². The molecular formula is C19H20ClNOS. The molecule has 0 fully saturated rings. The Labute approximate surface area is 146 Å². The molecule has 1 aliphatic rings. The van der Waals surface area contributed by atoms with Crippen LogP contribution in [0, 0.1) is 0 Å². The van der Waals surface area contributed by atoms with Crippen LogP contribution in [0.1, 0.15) is 24.5 Å². The van der Waals surface area contributed by atoms with Gasteiger partial charge in [-0.2, -0.15) is 0 Å². The van der Waals surface area contributed by atoms with E-state index in [0.717, 1.165) is 24.2 Å². The summed E-state index contributed by atoms with van der Waals surface area (Å²) in [7, 11) is 0. The van der Waals surface area contributed by atoms with E-state index in [4.69, 9.17) is 11.6 Å². The Morgan fingerprint density at radius 1 is 1.17 bits per heavy atom. The zero-order valence-corrected chi connectivity index (χ0v) is 14.7. The third-order valence-corrected chi connectivity index (χ3v) is 5.55. The maximum atomic E-state index is 12.4. The van der Waals surface area contributed by atoms with Crippen LogP contribution in [0.3, 0.4) is 0 Å². The molecule has 0 radical (unpaired) electrons. The summed E-state index contributed by atoms with van der Waals surface area (Å²) in [6.45, 7) is 1.95. The van der Waals surface area contributed by atoms with E-state index in [9.17, 15) is 4.79 Å². The van der Waals surface area contributed by atoms with Crippen molar-refractivity contribution in [3.8, 4) is 0 Å². The zero-order valence-electron chi connectivity index (χ0n) is 13.1. The first-order valence-electron chi connectivity index (χ1n) is 7.91. The van der Waals surface area contributed by atoms with Crippen molar-refractivity contribution in [2.45, 2.75) is 42.4 Å². The lowest BCUT2D eigenvalue weighted by atomic mass is 9.88. The lowest BCUT2D eigenvalue weighted by Gasteiger charge is -2.26. The highest BCUT2D eigenvalue weighted by molar-refractivity contribution is 8.00. The fourth-order valence-electron chi connectivity index (χ4n) is 2.91. The average molecular weight is 346 g/mol. The highest BCUT2D eigenvalue weighted by atomic mass is 35.5. The van der Waals surface area contributed by atoms with Crippen LogP contribution in [0.5, 0.6) is 0 Å². The van der Waals surface area contributed by atoms with E-state index in [1.165, 1.54) is 11.1 Å². The Morgan fingerprint density at radius 2 is 1.87 bits per heavy atom. The topological polar surface area (TPSA) is 29.1 Å². The molecule has 120 valence electrons. The van der Waals surface area contributed by atoms with Crippen molar-refractivity contribution in [3.63, 3.8) is 0 Å². The highest BCUT2D eigenvalue weighted by Gasteiger charge is 2.22. The van der Waals surface area contributed by atoms with Crippen molar-refractivity contribution in [2.75, 3.05) is 0 Å². The third-order valence-electron chi connectivity index (χ3n) is 4.19. The summed E-state index contributed by atoms with van der Waals surface area (Å²) in [5, 5.41) is 3.80. The number of thioether (sulfide) groups is 1. The fraction of sp³-hybridized carbons (Fsp3) is 0.316. The summed E-state index contributed by atoms with van der Waals surface area (Å²) in [5.74, 6) is 0.106. The van der Waals surface area contributed by atoms with Crippen LogP contribution in [0.15, 0.2) is 53.4 Å². The summed E-state index contributed by atoms with van der Waals surface area (Å²) in [4.78, 5) is 13.5. The monoisotopic (exact) mass is 345 g/mol. The van der Waals surface area contributed by atoms with Crippen molar-refractivity contribution in [3.05, 3.63) is 64.7 Å². The fourth-order valence-corrected chi connectivity index (χ4v) is 3.91. The van der Waals surface area contributed by atoms with Crippen LogP contribution in [-0.4, -0.2) is 17.2 Å². The van der Waals surface area contributed by atoms with Crippen molar-refractivity contribution in [1.82, 2.24) is 5.32 Å². The number of carbonyl (C=O) groups excluding carboxylic acids is 1. The lowest BCUT2D eigenvalue weighted by Crippen LogP contribution is -2.42. The van der Waals surface area contributed by atoms with E-state index in [1.54, 1.807) is 11.8 Å². The molecule has 0 heterocycles. The van der Waals surface area contributed by atoms with E-state index in [0.29, 0.717) is 5.02 Å². The summed E-state index contributed by atoms with van der Waals surface area (Å²) in [6.07, 6.45) is 2.99. The molecule has 0 spiro atoms. The molecule has 1 aliphatic carbocycles. The molecule has 0 aromatic heterocycles. The van der Waals surface area contributed by atoms with E-state index >= 15 is 0 Å². The minimum atomic E-state index is -0.117. The predicted octanol–water partition coefficient (Wildman–Crippen LogP) is 4.49. The number of fused-ring (bicyclic) bond motifs is 1. The standard InChI is InChI=1S/C19H20ClNOS/c1-13(23-18-10-7-16(20)8-11-18)19(22)21-17-9-6-14-4-2-3-5-15(14)12-17/h2-5,7-8,10-11,13,17H,6,9,12H2,1H3,(H,21,22). The lowest BCUT2D eigenvalue weighted by molar-refractivity contribution is -0.121. The molecule has 4 heteroatoms. The first-order valence-corrected chi connectivity index (χ1v) is 9.17. The van der Waals surface area contributed by atoms with Gasteiger partial charge in [-0.1, -0.05) is 35.9 Å². The number of nitrogens with one attached hydrogen (secondary N) is 1. The van der Waals surface area contributed by atoms with Gasteiger partial charge in [0, 0.05) is 16.0 Å². The van der Waals surface area contributed by atoms with Gasteiger partial charge in [0.15, 0.2) is 0 Å². The van der Waals surface area contributed by atoms with E-state index < -0.39 is 0 Å². The Balaban J connectivity index is 1.56. The Morgan fingerprint density at radius 3 is 2.61 bits per heavy atom. The summed E-state index contributed by atoms with van der Waals surface area (Å²) < 4.78 is 0. The van der Waals surface area contributed by atoms with Crippen molar-refractivity contribution in [2.24, 2.45) is 0 Å². The molecule has 0 saturated heterocycles. The van der Waals surface area contributed by atoms with Gasteiger partial charge < -0.3 is 5.32 Å². The molecule has 2 unspecified atom stereocenters. The minimum Gasteiger partial charge on any atom is -0.352 e. The number of hydrogen-bond donors (Lipinski definition) is 1. The normalized spacial score (nSPS) is 18.1. The van der Waals surface area contributed by atoms with Crippen LogP contribution in [0.2, 0.25) is 5.02 Å². The van der Waals surface area contributed by atoms with Crippen molar-refractivity contribution < 1.29 is 4.79 Å². The number of hydrogen-bond acceptors (Lipinski definition) is 2.